The number of carbonyl (C=O) groups is 1. The molecule has 0 radical (unpaired) electrons. The molecule has 0 fully saturated rings. The maximum Gasteiger partial charge on any atom is 0.157 e. The highest BCUT2D eigenvalue weighted by Crippen LogP contribution is 2.20. The molecule has 0 unspecified atom stereocenters. The van der Waals surface area contributed by atoms with Gasteiger partial charge in [0.15, 0.2) is 5.78 Å². The Morgan fingerprint density at radius 2 is 2.15 bits per heavy atom. The van der Waals surface area contributed by atoms with Crippen molar-refractivity contribution in [1.82, 2.24) is 5.32 Å². The molecular weight excluding hydrogens is 162 g/mol. The molecule has 0 saturated carbocycles. The van der Waals surface area contributed by atoms with E-state index < -0.39 is 0 Å². The summed E-state index contributed by atoms with van der Waals surface area (Å²) in [5.41, 5.74) is 1.44. The molecule has 0 saturated heterocycles. The van der Waals surface area contributed by atoms with Gasteiger partial charge >= 0.3 is 0 Å². The molecule has 2 heteroatoms. The molecule has 0 bridgehead atoms. The maximum atomic E-state index is 10.9. The molecule has 0 heterocycles. The minimum atomic E-state index is 0.261. The van der Waals surface area contributed by atoms with Gasteiger partial charge in [0.25, 0.3) is 0 Å². The molecule has 1 aliphatic rings. The van der Waals surface area contributed by atoms with Crippen LogP contribution in [0, 0.1) is 5.41 Å². The van der Waals surface area contributed by atoms with Gasteiger partial charge in [0.1, 0.15) is 0 Å². The highest BCUT2D eigenvalue weighted by molar-refractivity contribution is 5.92. The average Bonchev–Trinajstić information content (AvgIpc) is 2.48. The normalized spacial score (nSPS) is 17.5. The Hall–Kier alpha value is -0.790. The van der Waals surface area contributed by atoms with Gasteiger partial charge in [0.05, 0.1) is 0 Å². The van der Waals surface area contributed by atoms with Crippen LogP contribution in [0.1, 0.15) is 40.0 Å². The lowest BCUT2D eigenvalue weighted by Gasteiger charge is -2.23. The number of hydrogen-bond donors (Lipinski definition) is 1. The molecule has 0 amide bonds. The average molecular weight is 181 g/mol. The van der Waals surface area contributed by atoms with Crippen molar-refractivity contribution in [2.75, 3.05) is 6.54 Å². The molecule has 1 aliphatic carbocycles. The first-order chi connectivity index (χ1) is 6.03. The first-order valence-corrected chi connectivity index (χ1v) is 5.01. The zero-order chi connectivity index (χ0) is 9.90. The Labute approximate surface area is 80.4 Å². The Morgan fingerprint density at radius 1 is 1.46 bits per heavy atom. The topological polar surface area (TPSA) is 29.1 Å². The van der Waals surface area contributed by atoms with Gasteiger partial charge in [-0.1, -0.05) is 20.8 Å². The number of nitrogens with one attached hydrogen (secondary N) is 1. The summed E-state index contributed by atoms with van der Waals surface area (Å²) in [4.78, 5) is 10.9. The number of allylic oxidation sites excluding steroid dienone is 2. The molecule has 0 atom stereocenters. The van der Waals surface area contributed by atoms with E-state index in [-0.39, 0.29) is 5.78 Å². The van der Waals surface area contributed by atoms with Crippen LogP contribution in [0.5, 0.6) is 0 Å². The molecule has 0 aliphatic heterocycles. The summed E-state index contributed by atoms with van der Waals surface area (Å²) in [5, 5.41) is 3.34. The summed E-state index contributed by atoms with van der Waals surface area (Å²) < 4.78 is 0. The lowest BCUT2D eigenvalue weighted by Crippen LogP contribution is -2.27. The van der Waals surface area contributed by atoms with Gasteiger partial charge in [-0.25, -0.2) is 0 Å². The van der Waals surface area contributed by atoms with Crippen molar-refractivity contribution in [3.05, 3.63) is 11.8 Å². The summed E-state index contributed by atoms with van der Waals surface area (Å²) >= 11 is 0. The highest BCUT2D eigenvalue weighted by Gasteiger charge is 2.17. The highest BCUT2D eigenvalue weighted by atomic mass is 16.1. The van der Waals surface area contributed by atoms with Gasteiger partial charge in [-0.05, 0) is 18.3 Å². The van der Waals surface area contributed by atoms with Crippen LogP contribution >= 0.6 is 0 Å². The van der Waals surface area contributed by atoms with Crippen LogP contribution in [0.3, 0.4) is 0 Å². The van der Waals surface area contributed by atoms with Crippen LogP contribution in [0.2, 0.25) is 0 Å². The zero-order valence-corrected chi connectivity index (χ0v) is 8.81. The SMILES string of the molecule is CCC(C)(C)CNC1=CC(=O)CC1. The Morgan fingerprint density at radius 3 is 2.62 bits per heavy atom. The minimum Gasteiger partial charge on any atom is -0.388 e. The second kappa shape index (κ2) is 3.95. The maximum absolute atomic E-state index is 10.9. The molecule has 2 nitrogen and oxygen atoms in total. The third-order valence-electron chi connectivity index (χ3n) is 2.73. The second-order valence-electron chi connectivity index (χ2n) is 4.51. The van der Waals surface area contributed by atoms with E-state index in [1.54, 1.807) is 6.08 Å². The van der Waals surface area contributed by atoms with Crippen molar-refractivity contribution in [3.63, 3.8) is 0 Å². The molecule has 1 rings (SSSR count). The Balaban J connectivity index is 2.35. The van der Waals surface area contributed by atoms with Crippen LogP contribution in [0.25, 0.3) is 0 Å². The van der Waals surface area contributed by atoms with E-state index in [4.69, 9.17) is 0 Å². The summed E-state index contributed by atoms with van der Waals surface area (Å²) in [6.07, 6.45) is 4.49. The van der Waals surface area contributed by atoms with Gasteiger partial charge in [-0.2, -0.15) is 0 Å². The van der Waals surface area contributed by atoms with E-state index >= 15 is 0 Å². The Kier molecular flexibility index (Phi) is 3.12. The quantitative estimate of drug-likeness (QED) is 0.720. The smallest absolute Gasteiger partial charge is 0.157 e. The fourth-order valence-electron chi connectivity index (χ4n) is 1.21. The van der Waals surface area contributed by atoms with Gasteiger partial charge in [-0.3, -0.25) is 4.79 Å². The van der Waals surface area contributed by atoms with Crippen LogP contribution in [0.15, 0.2) is 11.8 Å². The number of rotatable bonds is 4. The lowest BCUT2D eigenvalue weighted by molar-refractivity contribution is -0.114. The summed E-state index contributed by atoms with van der Waals surface area (Å²) in [6.45, 7) is 7.62. The predicted octanol–water partition coefficient (Wildman–Crippen LogP) is 2.26. The fraction of sp³-hybridized carbons (Fsp3) is 0.727. The second-order valence-corrected chi connectivity index (χ2v) is 4.51. The zero-order valence-electron chi connectivity index (χ0n) is 8.81. The van der Waals surface area contributed by atoms with E-state index in [9.17, 15) is 4.79 Å². The van der Waals surface area contributed by atoms with Gasteiger partial charge in [0, 0.05) is 24.7 Å². The van der Waals surface area contributed by atoms with Crippen molar-refractivity contribution < 1.29 is 4.79 Å². The molecule has 13 heavy (non-hydrogen) atoms. The van der Waals surface area contributed by atoms with Crippen molar-refractivity contribution in [2.24, 2.45) is 5.41 Å². The van der Waals surface area contributed by atoms with Crippen molar-refractivity contribution in [3.8, 4) is 0 Å². The molecule has 0 aromatic rings. The van der Waals surface area contributed by atoms with E-state index in [1.165, 1.54) is 0 Å². The first kappa shape index (κ1) is 10.3. The number of ketones is 1. The fourth-order valence-corrected chi connectivity index (χ4v) is 1.21. The molecule has 1 N–H and O–H groups in total. The molecular formula is C11H19NO. The first-order valence-electron chi connectivity index (χ1n) is 5.01. The summed E-state index contributed by atoms with van der Waals surface area (Å²) in [7, 11) is 0. The van der Waals surface area contributed by atoms with E-state index in [0.29, 0.717) is 11.8 Å². The van der Waals surface area contributed by atoms with Crippen molar-refractivity contribution in [1.29, 1.82) is 0 Å². The van der Waals surface area contributed by atoms with Crippen LogP contribution in [0.4, 0.5) is 0 Å². The van der Waals surface area contributed by atoms with Crippen molar-refractivity contribution >= 4 is 5.78 Å². The lowest BCUT2D eigenvalue weighted by atomic mass is 9.90. The van der Waals surface area contributed by atoms with Gasteiger partial charge in [-0.15, -0.1) is 0 Å². The third kappa shape index (κ3) is 3.21. The van der Waals surface area contributed by atoms with E-state index in [2.05, 4.69) is 26.1 Å². The van der Waals surface area contributed by atoms with Crippen LogP contribution < -0.4 is 5.32 Å². The van der Waals surface area contributed by atoms with Crippen LogP contribution in [-0.4, -0.2) is 12.3 Å². The van der Waals surface area contributed by atoms with Gasteiger partial charge < -0.3 is 5.32 Å². The molecule has 0 aromatic heterocycles. The Bertz CT molecular complexity index is 228. The molecule has 0 aromatic carbocycles. The summed E-state index contributed by atoms with van der Waals surface area (Å²) in [6, 6.07) is 0. The monoisotopic (exact) mass is 181 g/mol. The third-order valence-corrected chi connectivity index (χ3v) is 2.73. The van der Waals surface area contributed by atoms with Crippen LogP contribution in [-0.2, 0) is 4.79 Å². The van der Waals surface area contributed by atoms with E-state index in [1.807, 2.05) is 0 Å². The molecule has 74 valence electrons. The summed E-state index contributed by atoms with van der Waals surface area (Å²) in [5.74, 6) is 0.261. The van der Waals surface area contributed by atoms with Gasteiger partial charge in [0.2, 0.25) is 0 Å². The number of hydrogen-bond acceptors (Lipinski definition) is 2. The molecule has 0 spiro atoms. The largest absolute Gasteiger partial charge is 0.388 e. The number of carbonyl (C=O) groups excluding carboxylic acids is 1. The minimum absolute atomic E-state index is 0.261. The van der Waals surface area contributed by atoms with Crippen molar-refractivity contribution in [2.45, 2.75) is 40.0 Å². The standard InChI is InChI=1S/C11H19NO/c1-4-11(2,3)8-12-9-5-6-10(13)7-9/h7,12H,4-6,8H2,1-3H3. The predicted molar refractivity (Wildman–Crippen MR) is 54.4 cm³/mol. The van der Waals surface area contributed by atoms with E-state index in [0.717, 1.165) is 25.1 Å².